The Morgan fingerprint density at radius 2 is 2.13 bits per heavy atom. The lowest BCUT2D eigenvalue weighted by Crippen LogP contribution is -2.48. The fourth-order valence-corrected chi connectivity index (χ4v) is 3.04. The number of amides is 1. The molecule has 2 aliphatic heterocycles. The normalized spacial score (nSPS) is 18.1. The number of rotatable bonds is 3. The van der Waals surface area contributed by atoms with Gasteiger partial charge in [-0.1, -0.05) is 0 Å². The van der Waals surface area contributed by atoms with Crippen LogP contribution in [0.1, 0.15) is 24.4 Å². The highest BCUT2D eigenvalue weighted by atomic mass is 16.2. The molecule has 4 heterocycles. The number of pyridine rings is 1. The van der Waals surface area contributed by atoms with Crippen LogP contribution < -0.4 is 9.80 Å². The second-order valence-electron chi connectivity index (χ2n) is 5.90. The number of carbonyl (C=O) groups is 1. The maximum absolute atomic E-state index is 11.8. The molecule has 0 aliphatic carbocycles. The molecule has 0 aromatic carbocycles. The Labute approximate surface area is 133 Å². The molecule has 7 heteroatoms. The van der Waals surface area contributed by atoms with Crippen LogP contribution in [0.2, 0.25) is 0 Å². The SMILES string of the molecule is N#Cc1ccc(N2CC(n3cc(N4CCCC4=O)cn3)C2)nc1. The molecule has 0 atom stereocenters. The molecule has 2 fully saturated rings. The summed E-state index contributed by atoms with van der Waals surface area (Å²) in [5, 5.41) is 13.2. The number of carbonyl (C=O) groups excluding carboxylic acids is 1. The average Bonchev–Trinajstić information content (AvgIpc) is 3.15. The highest BCUT2D eigenvalue weighted by Gasteiger charge is 2.31. The van der Waals surface area contributed by atoms with Gasteiger partial charge in [0.1, 0.15) is 11.9 Å². The maximum Gasteiger partial charge on any atom is 0.227 e. The van der Waals surface area contributed by atoms with Crippen LogP contribution in [0.3, 0.4) is 0 Å². The summed E-state index contributed by atoms with van der Waals surface area (Å²) in [6.07, 6.45) is 6.87. The highest BCUT2D eigenvalue weighted by Crippen LogP contribution is 2.28. The van der Waals surface area contributed by atoms with E-state index in [2.05, 4.69) is 21.1 Å². The van der Waals surface area contributed by atoms with E-state index in [1.165, 1.54) is 0 Å². The van der Waals surface area contributed by atoms with Gasteiger partial charge in [-0.2, -0.15) is 10.4 Å². The molecule has 23 heavy (non-hydrogen) atoms. The first kappa shape index (κ1) is 13.8. The summed E-state index contributed by atoms with van der Waals surface area (Å²) in [6.45, 7) is 2.44. The van der Waals surface area contributed by atoms with Crippen molar-refractivity contribution in [3.8, 4) is 6.07 Å². The van der Waals surface area contributed by atoms with Gasteiger partial charge in [-0.05, 0) is 18.6 Å². The molecular formula is C16H16N6O. The number of anilines is 2. The van der Waals surface area contributed by atoms with Gasteiger partial charge in [0.25, 0.3) is 0 Å². The molecular weight excluding hydrogens is 292 g/mol. The third-order valence-electron chi connectivity index (χ3n) is 4.41. The first-order valence-corrected chi connectivity index (χ1v) is 7.70. The van der Waals surface area contributed by atoms with Crippen molar-refractivity contribution in [2.24, 2.45) is 0 Å². The minimum atomic E-state index is 0.182. The van der Waals surface area contributed by atoms with Crippen molar-refractivity contribution in [1.29, 1.82) is 5.26 Å². The number of nitrogens with zero attached hydrogens (tertiary/aromatic N) is 6. The van der Waals surface area contributed by atoms with Gasteiger partial charge in [0, 0.05) is 38.4 Å². The van der Waals surface area contributed by atoms with Gasteiger partial charge < -0.3 is 9.80 Å². The standard InChI is InChI=1S/C16H16N6O/c17-6-12-3-4-15(18-7-12)20-9-14(10-20)22-11-13(8-19-22)21-5-1-2-16(21)23/h3-4,7-8,11,14H,1-2,5,9-10H2. The van der Waals surface area contributed by atoms with Crippen molar-refractivity contribution >= 4 is 17.4 Å². The van der Waals surface area contributed by atoms with Crippen LogP contribution in [0.25, 0.3) is 0 Å². The molecule has 0 N–H and O–H groups in total. The van der Waals surface area contributed by atoms with Crippen LogP contribution in [-0.2, 0) is 4.79 Å². The van der Waals surface area contributed by atoms with Crippen LogP contribution in [0, 0.1) is 11.3 Å². The number of hydrogen-bond donors (Lipinski definition) is 0. The second-order valence-corrected chi connectivity index (χ2v) is 5.90. The molecule has 4 rings (SSSR count). The van der Waals surface area contributed by atoms with Gasteiger partial charge in [-0.15, -0.1) is 0 Å². The van der Waals surface area contributed by atoms with Gasteiger partial charge in [0.05, 0.1) is 23.5 Å². The molecule has 0 radical (unpaired) electrons. The Kier molecular flexibility index (Phi) is 3.23. The van der Waals surface area contributed by atoms with Crippen LogP contribution in [-0.4, -0.2) is 40.3 Å². The molecule has 116 valence electrons. The van der Waals surface area contributed by atoms with Crippen LogP contribution in [0.4, 0.5) is 11.5 Å². The summed E-state index contributed by atoms with van der Waals surface area (Å²) < 4.78 is 1.93. The van der Waals surface area contributed by atoms with Gasteiger partial charge >= 0.3 is 0 Å². The fourth-order valence-electron chi connectivity index (χ4n) is 3.04. The lowest BCUT2D eigenvalue weighted by molar-refractivity contribution is -0.117. The molecule has 0 saturated carbocycles. The van der Waals surface area contributed by atoms with E-state index in [1.807, 2.05) is 21.8 Å². The van der Waals surface area contributed by atoms with Crippen LogP contribution >= 0.6 is 0 Å². The largest absolute Gasteiger partial charge is 0.352 e. The summed E-state index contributed by atoms with van der Waals surface area (Å²) in [6, 6.07) is 6.01. The number of nitriles is 1. The molecule has 0 unspecified atom stereocenters. The highest BCUT2D eigenvalue weighted by molar-refractivity contribution is 5.95. The van der Waals surface area contributed by atoms with Gasteiger partial charge in [0.15, 0.2) is 0 Å². The lowest BCUT2D eigenvalue weighted by Gasteiger charge is -2.40. The first-order valence-electron chi connectivity index (χ1n) is 7.70. The molecule has 2 aliphatic rings. The number of hydrogen-bond acceptors (Lipinski definition) is 5. The third kappa shape index (κ3) is 2.42. The van der Waals surface area contributed by atoms with Crippen molar-refractivity contribution in [3.63, 3.8) is 0 Å². The average molecular weight is 308 g/mol. The van der Waals surface area contributed by atoms with E-state index in [9.17, 15) is 4.79 Å². The molecule has 1 amide bonds. The molecule has 7 nitrogen and oxygen atoms in total. The van der Waals surface area contributed by atoms with E-state index < -0.39 is 0 Å². The summed E-state index contributed by atoms with van der Waals surface area (Å²) in [4.78, 5) is 20.0. The first-order chi connectivity index (χ1) is 11.2. The molecule has 2 aromatic heterocycles. The molecule has 2 aromatic rings. The zero-order valence-electron chi connectivity index (χ0n) is 12.6. The Morgan fingerprint density at radius 1 is 1.26 bits per heavy atom. The van der Waals surface area contributed by atoms with Crippen LogP contribution in [0.15, 0.2) is 30.7 Å². The second kappa shape index (κ2) is 5.39. The minimum absolute atomic E-state index is 0.182. The maximum atomic E-state index is 11.8. The quantitative estimate of drug-likeness (QED) is 0.855. The topological polar surface area (TPSA) is 78.0 Å². The van der Waals surface area contributed by atoms with Crippen molar-refractivity contribution < 1.29 is 4.79 Å². The molecule has 2 saturated heterocycles. The zero-order valence-corrected chi connectivity index (χ0v) is 12.6. The van der Waals surface area contributed by atoms with Crippen LogP contribution in [0.5, 0.6) is 0 Å². The van der Waals surface area contributed by atoms with E-state index in [4.69, 9.17) is 5.26 Å². The predicted molar refractivity (Wildman–Crippen MR) is 84.0 cm³/mol. The summed E-state index contributed by atoms with van der Waals surface area (Å²) in [5.74, 6) is 1.06. The summed E-state index contributed by atoms with van der Waals surface area (Å²) in [5.41, 5.74) is 1.46. The summed E-state index contributed by atoms with van der Waals surface area (Å²) >= 11 is 0. The van der Waals surface area contributed by atoms with E-state index in [1.54, 1.807) is 18.5 Å². The smallest absolute Gasteiger partial charge is 0.227 e. The Hall–Kier alpha value is -2.88. The van der Waals surface area contributed by atoms with Crippen molar-refractivity contribution in [3.05, 3.63) is 36.3 Å². The van der Waals surface area contributed by atoms with Gasteiger partial charge in [-0.3, -0.25) is 9.48 Å². The van der Waals surface area contributed by atoms with Gasteiger partial charge in [-0.25, -0.2) is 4.98 Å². The summed E-state index contributed by atoms with van der Waals surface area (Å²) in [7, 11) is 0. The predicted octanol–water partition coefficient (Wildman–Crippen LogP) is 1.34. The monoisotopic (exact) mass is 308 g/mol. The van der Waals surface area contributed by atoms with Crippen molar-refractivity contribution in [2.45, 2.75) is 18.9 Å². The van der Waals surface area contributed by atoms with E-state index in [0.29, 0.717) is 18.0 Å². The van der Waals surface area contributed by atoms with Crippen molar-refractivity contribution in [1.82, 2.24) is 14.8 Å². The van der Waals surface area contributed by atoms with Gasteiger partial charge in [0.2, 0.25) is 5.91 Å². The zero-order chi connectivity index (χ0) is 15.8. The van der Waals surface area contributed by atoms with E-state index >= 15 is 0 Å². The molecule has 0 spiro atoms. The number of aromatic nitrogens is 3. The minimum Gasteiger partial charge on any atom is -0.352 e. The third-order valence-corrected chi connectivity index (χ3v) is 4.41. The Morgan fingerprint density at radius 3 is 2.78 bits per heavy atom. The fraction of sp³-hybridized carbons (Fsp3) is 0.375. The van der Waals surface area contributed by atoms with Crippen molar-refractivity contribution in [2.75, 3.05) is 29.4 Å². The molecule has 0 bridgehead atoms. The Balaban J connectivity index is 1.41. The van der Waals surface area contributed by atoms with E-state index in [0.717, 1.165) is 37.6 Å². The lowest BCUT2D eigenvalue weighted by atomic mass is 10.1. The Bertz CT molecular complexity index is 769. The van der Waals surface area contributed by atoms with E-state index in [-0.39, 0.29) is 5.91 Å².